The van der Waals surface area contributed by atoms with E-state index < -0.39 is 22.8 Å². The number of non-ortho nitro benzene ring substituents is 1. The second kappa shape index (κ2) is 9.54. The van der Waals surface area contributed by atoms with Gasteiger partial charge in [0, 0.05) is 35.7 Å². The molecule has 1 heterocycles. The third-order valence-corrected chi connectivity index (χ3v) is 5.40. The molecule has 0 radical (unpaired) electrons. The maximum Gasteiger partial charge on any atom is 0.334 e. The fourth-order valence-corrected chi connectivity index (χ4v) is 3.64. The highest BCUT2D eigenvalue weighted by molar-refractivity contribution is 6.33. The van der Waals surface area contributed by atoms with Crippen LogP contribution in [0.5, 0.6) is 5.75 Å². The minimum absolute atomic E-state index is 0.126. The molecule has 0 saturated heterocycles. The van der Waals surface area contributed by atoms with Gasteiger partial charge in [-0.15, -0.1) is 0 Å². The molecule has 4 aromatic rings. The molecular weight excluding hydrogens is 446 g/mol. The summed E-state index contributed by atoms with van der Waals surface area (Å²) in [5.74, 6) is -1.11. The van der Waals surface area contributed by atoms with E-state index in [1.54, 1.807) is 30.5 Å². The van der Waals surface area contributed by atoms with Gasteiger partial charge in [0.15, 0.2) is 0 Å². The predicted molar refractivity (Wildman–Crippen MR) is 123 cm³/mol. The molecule has 0 aliphatic heterocycles. The fraction of sp³-hybridized carbons (Fsp3) is 0.0833. The number of amides is 1. The topological polar surface area (TPSA) is 114 Å². The van der Waals surface area contributed by atoms with Crippen molar-refractivity contribution in [3.05, 3.63) is 105 Å². The van der Waals surface area contributed by atoms with Gasteiger partial charge in [-0.05, 0) is 35.9 Å². The number of nitro benzene ring substituents is 1. The average Bonchev–Trinajstić information content (AvgIpc) is 3.22. The summed E-state index contributed by atoms with van der Waals surface area (Å²) >= 11 is 6.14. The number of aromatic nitrogens is 1. The number of carbonyl (C=O) groups excluding carboxylic acids is 2. The van der Waals surface area contributed by atoms with Gasteiger partial charge >= 0.3 is 5.97 Å². The third kappa shape index (κ3) is 5.02. The van der Waals surface area contributed by atoms with Crippen molar-refractivity contribution in [1.82, 2.24) is 10.3 Å². The first-order valence-electron chi connectivity index (χ1n) is 9.99. The smallest absolute Gasteiger partial charge is 0.334 e. The van der Waals surface area contributed by atoms with Gasteiger partial charge in [-0.3, -0.25) is 14.9 Å². The number of H-pyrrole nitrogens is 1. The third-order valence-electron chi connectivity index (χ3n) is 5.07. The lowest BCUT2D eigenvalue weighted by molar-refractivity contribution is -0.384. The number of rotatable bonds is 7. The number of fused-ring (bicyclic) bond motifs is 1. The molecule has 3 aromatic carbocycles. The molecule has 9 heteroatoms. The summed E-state index contributed by atoms with van der Waals surface area (Å²) in [7, 11) is 0. The van der Waals surface area contributed by atoms with E-state index in [4.69, 9.17) is 16.3 Å². The molecule has 0 spiro atoms. The maximum absolute atomic E-state index is 13.0. The van der Waals surface area contributed by atoms with Crippen molar-refractivity contribution in [2.24, 2.45) is 0 Å². The van der Waals surface area contributed by atoms with E-state index in [0.29, 0.717) is 0 Å². The van der Waals surface area contributed by atoms with E-state index in [-0.39, 0.29) is 28.4 Å². The number of nitrogens with zero attached hydrogens (tertiary/aromatic N) is 1. The number of para-hydroxylation sites is 1. The Labute approximate surface area is 193 Å². The van der Waals surface area contributed by atoms with Crippen molar-refractivity contribution >= 4 is 40.1 Å². The van der Waals surface area contributed by atoms with Gasteiger partial charge in [-0.25, -0.2) is 4.79 Å². The van der Waals surface area contributed by atoms with Crippen LogP contribution in [0, 0.1) is 10.1 Å². The first-order chi connectivity index (χ1) is 15.9. The Balaban J connectivity index is 1.59. The van der Waals surface area contributed by atoms with Crippen molar-refractivity contribution in [3.63, 3.8) is 0 Å². The largest absolute Gasteiger partial charge is 0.425 e. The van der Waals surface area contributed by atoms with Crippen LogP contribution in [0.3, 0.4) is 0 Å². The minimum Gasteiger partial charge on any atom is -0.425 e. The summed E-state index contributed by atoms with van der Waals surface area (Å²) in [6.07, 6.45) is 1.94. The lowest BCUT2D eigenvalue weighted by Gasteiger charge is -2.18. The first-order valence-corrected chi connectivity index (χ1v) is 10.4. The molecule has 0 fully saturated rings. The summed E-state index contributed by atoms with van der Waals surface area (Å²) < 4.78 is 5.42. The Morgan fingerprint density at radius 2 is 1.73 bits per heavy atom. The molecule has 2 N–H and O–H groups in total. The molecule has 1 aromatic heterocycles. The second-order valence-electron chi connectivity index (χ2n) is 7.24. The molecule has 0 saturated carbocycles. The fourth-order valence-electron chi connectivity index (χ4n) is 3.42. The molecule has 0 aliphatic rings. The van der Waals surface area contributed by atoms with Crippen LogP contribution >= 0.6 is 11.6 Å². The van der Waals surface area contributed by atoms with E-state index in [9.17, 15) is 19.7 Å². The Hall–Kier alpha value is -4.17. The zero-order chi connectivity index (χ0) is 23.4. The van der Waals surface area contributed by atoms with Crippen LogP contribution in [0.4, 0.5) is 5.69 Å². The van der Waals surface area contributed by atoms with Crippen LogP contribution in [0.15, 0.2) is 79.0 Å². The molecule has 166 valence electrons. The van der Waals surface area contributed by atoms with E-state index >= 15 is 0 Å². The number of nitro groups is 1. The van der Waals surface area contributed by atoms with Crippen LogP contribution in [0.2, 0.25) is 5.02 Å². The highest BCUT2D eigenvalue weighted by atomic mass is 35.5. The van der Waals surface area contributed by atoms with Crippen LogP contribution in [-0.2, 0) is 11.2 Å². The second-order valence-corrected chi connectivity index (χ2v) is 7.65. The molecule has 0 bridgehead atoms. The molecule has 1 atom stereocenters. The van der Waals surface area contributed by atoms with Crippen molar-refractivity contribution in [2.75, 3.05) is 0 Å². The van der Waals surface area contributed by atoms with E-state index in [2.05, 4.69) is 10.3 Å². The lowest BCUT2D eigenvalue weighted by Crippen LogP contribution is -2.44. The maximum atomic E-state index is 13.0. The number of esters is 1. The molecule has 8 nitrogen and oxygen atoms in total. The lowest BCUT2D eigenvalue weighted by atomic mass is 10.0. The van der Waals surface area contributed by atoms with E-state index in [0.717, 1.165) is 16.5 Å². The zero-order valence-corrected chi connectivity index (χ0v) is 17.9. The zero-order valence-electron chi connectivity index (χ0n) is 17.2. The number of ether oxygens (including phenoxy) is 1. The van der Waals surface area contributed by atoms with Crippen molar-refractivity contribution in [2.45, 2.75) is 12.5 Å². The number of halogens is 1. The molecule has 1 unspecified atom stereocenters. The van der Waals surface area contributed by atoms with Crippen LogP contribution in [0.25, 0.3) is 10.9 Å². The van der Waals surface area contributed by atoms with Gasteiger partial charge in [-0.1, -0.05) is 41.9 Å². The molecule has 0 aliphatic carbocycles. The van der Waals surface area contributed by atoms with E-state index in [1.165, 1.54) is 24.3 Å². The van der Waals surface area contributed by atoms with Crippen molar-refractivity contribution in [1.29, 1.82) is 0 Å². The summed E-state index contributed by atoms with van der Waals surface area (Å²) in [4.78, 5) is 39.3. The molecule has 33 heavy (non-hydrogen) atoms. The summed E-state index contributed by atoms with van der Waals surface area (Å²) in [6.45, 7) is 0. The van der Waals surface area contributed by atoms with Gasteiger partial charge in [0.1, 0.15) is 11.8 Å². The Morgan fingerprint density at radius 3 is 2.45 bits per heavy atom. The van der Waals surface area contributed by atoms with Gasteiger partial charge in [0.2, 0.25) is 0 Å². The van der Waals surface area contributed by atoms with E-state index in [1.807, 2.05) is 24.3 Å². The Morgan fingerprint density at radius 1 is 1.03 bits per heavy atom. The average molecular weight is 464 g/mol. The van der Waals surface area contributed by atoms with Crippen molar-refractivity contribution in [3.8, 4) is 5.75 Å². The van der Waals surface area contributed by atoms with Crippen LogP contribution in [0.1, 0.15) is 15.9 Å². The first kappa shape index (κ1) is 22.0. The Kier molecular flexibility index (Phi) is 6.37. The SMILES string of the molecule is O=C(NC(Cc1c[nH]c2ccccc12)C(=O)Oc1ccc([N+](=O)[O-])cc1)c1ccccc1Cl. The van der Waals surface area contributed by atoms with Gasteiger partial charge < -0.3 is 15.0 Å². The van der Waals surface area contributed by atoms with Crippen molar-refractivity contribution < 1.29 is 19.2 Å². The summed E-state index contributed by atoms with van der Waals surface area (Å²) in [5, 5.41) is 14.7. The number of nitrogens with one attached hydrogen (secondary N) is 2. The molecule has 1 amide bonds. The normalized spacial score (nSPS) is 11.7. The van der Waals surface area contributed by atoms with Crippen LogP contribution in [-0.4, -0.2) is 27.8 Å². The summed E-state index contributed by atoms with van der Waals surface area (Å²) in [5.41, 5.74) is 1.81. The van der Waals surface area contributed by atoms with Gasteiger partial charge in [-0.2, -0.15) is 0 Å². The highest BCUT2D eigenvalue weighted by Gasteiger charge is 2.26. The standard InChI is InChI=1S/C24H18ClN3O5/c25-20-7-3-1-6-19(20)23(29)27-22(13-15-14-26-21-8-4-2-5-18(15)21)24(30)33-17-11-9-16(10-12-17)28(31)32/h1-12,14,22,26H,13H2,(H,27,29). The predicted octanol–water partition coefficient (Wildman–Crippen LogP) is 4.68. The monoisotopic (exact) mass is 463 g/mol. The minimum atomic E-state index is -1.04. The highest BCUT2D eigenvalue weighted by Crippen LogP contribution is 2.22. The number of aromatic amines is 1. The molecular formula is C24H18ClN3O5. The quantitative estimate of drug-likeness (QED) is 0.179. The van der Waals surface area contributed by atoms with Gasteiger partial charge in [0.25, 0.3) is 11.6 Å². The van der Waals surface area contributed by atoms with Gasteiger partial charge in [0.05, 0.1) is 15.5 Å². The number of carbonyl (C=O) groups is 2. The number of benzene rings is 3. The number of hydrogen-bond donors (Lipinski definition) is 2. The Bertz CT molecular complexity index is 1330. The molecule has 4 rings (SSSR count). The number of hydrogen-bond acceptors (Lipinski definition) is 5. The van der Waals surface area contributed by atoms with Crippen LogP contribution < -0.4 is 10.1 Å². The summed E-state index contributed by atoms with van der Waals surface area (Å²) in [6, 6.07) is 18.2.